The zero-order valence-electron chi connectivity index (χ0n) is 8.44. The second kappa shape index (κ2) is 5.78. The van der Waals surface area contributed by atoms with Crippen LogP contribution >= 0.6 is 12.4 Å². The zero-order valence-corrected chi connectivity index (χ0v) is 9.26. The van der Waals surface area contributed by atoms with Gasteiger partial charge in [-0.1, -0.05) is 0 Å². The lowest BCUT2D eigenvalue weighted by atomic mass is 10.1. The summed E-state index contributed by atoms with van der Waals surface area (Å²) in [6.45, 7) is 2.07. The lowest BCUT2D eigenvalue weighted by Gasteiger charge is -2.24. The Kier molecular flexibility index (Phi) is 4.65. The Morgan fingerprint density at radius 3 is 2.80 bits per heavy atom. The largest absolute Gasteiger partial charge is 0.504 e. The highest BCUT2D eigenvalue weighted by Gasteiger charge is 2.14. The normalized spacial score (nSPS) is 16.8. The van der Waals surface area contributed by atoms with Gasteiger partial charge in [-0.15, -0.1) is 12.4 Å². The minimum atomic E-state index is 0. The number of pyridine rings is 1. The molecule has 1 aliphatic rings. The molecule has 0 atom stereocenters. The highest BCUT2D eigenvalue weighted by Crippen LogP contribution is 2.20. The molecule has 1 fully saturated rings. The van der Waals surface area contributed by atoms with Crippen LogP contribution in [0.25, 0.3) is 0 Å². The SMILES string of the molecule is Cl.Oc1cccnc1NC1CCNCC1. The molecule has 1 saturated heterocycles. The lowest BCUT2D eigenvalue weighted by molar-refractivity contribution is 0.460. The molecule has 0 spiro atoms. The van der Waals surface area contributed by atoms with Crippen LogP contribution in [0.1, 0.15) is 12.8 Å². The van der Waals surface area contributed by atoms with Crippen molar-refractivity contribution in [2.24, 2.45) is 0 Å². The van der Waals surface area contributed by atoms with Crippen LogP contribution in [0.2, 0.25) is 0 Å². The molecular weight excluding hydrogens is 214 g/mol. The molecule has 2 rings (SSSR count). The van der Waals surface area contributed by atoms with Gasteiger partial charge in [0, 0.05) is 12.2 Å². The maximum atomic E-state index is 9.50. The molecule has 1 aromatic heterocycles. The van der Waals surface area contributed by atoms with Crippen molar-refractivity contribution in [2.45, 2.75) is 18.9 Å². The van der Waals surface area contributed by atoms with Crippen molar-refractivity contribution in [1.82, 2.24) is 10.3 Å². The maximum Gasteiger partial charge on any atom is 0.168 e. The smallest absolute Gasteiger partial charge is 0.168 e. The van der Waals surface area contributed by atoms with Crippen LogP contribution < -0.4 is 10.6 Å². The Morgan fingerprint density at radius 2 is 2.13 bits per heavy atom. The van der Waals surface area contributed by atoms with Gasteiger partial charge in [0.15, 0.2) is 11.6 Å². The van der Waals surface area contributed by atoms with E-state index in [4.69, 9.17) is 0 Å². The average molecular weight is 230 g/mol. The van der Waals surface area contributed by atoms with E-state index in [9.17, 15) is 5.11 Å². The van der Waals surface area contributed by atoms with Crippen molar-refractivity contribution in [1.29, 1.82) is 0 Å². The van der Waals surface area contributed by atoms with Crippen LogP contribution in [0.15, 0.2) is 18.3 Å². The summed E-state index contributed by atoms with van der Waals surface area (Å²) in [7, 11) is 0. The molecule has 0 amide bonds. The number of nitrogens with one attached hydrogen (secondary N) is 2. The highest BCUT2D eigenvalue weighted by atomic mass is 35.5. The fourth-order valence-corrected chi connectivity index (χ4v) is 1.67. The number of nitrogens with zero attached hydrogens (tertiary/aromatic N) is 1. The van der Waals surface area contributed by atoms with Gasteiger partial charge in [0.2, 0.25) is 0 Å². The molecule has 84 valence electrons. The number of rotatable bonds is 2. The van der Waals surface area contributed by atoms with E-state index in [1.54, 1.807) is 18.3 Å². The predicted molar refractivity (Wildman–Crippen MR) is 62.7 cm³/mol. The van der Waals surface area contributed by atoms with Crippen LogP contribution in [0.3, 0.4) is 0 Å². The first-order chi connectivity index (χ1) is 6.86. The third kappa shape index (κ3) is 3.25. The van der Waals surface area contributed by atoms with E-state index in [0.29, 0.717) is 11.9 Å². The van der Waals surface area contributed by atoms with Crippen molar-refractivity contribution >= 4 is 18.2 Å². The first-order valence-electron chi connectivity index (χ1n) is 4.97. The summed E-state index contributed by atoms with van der Waals surface area (Å²) in [6, 6.07) is 3.80. The minimum Gasteiger partial charge on any atom is -0.504 e. The highest BCUT2D eigenvalue weighted by molar-refractivity contribution is 5.85. The van der Waals surface area contributed by atoms with Gasteiger partial charge in [-0.25, -0.2) is 4.98 Å². The van der Waals surface area contributed by atoms with Crippen LogP contribution in [-0.4, -0.2) is 29.2 Å². The van der Waals surface area contributed by atoms with Gasteiger partial charge in [0.1, 0.15) is 0 Å². The molecule has 5 heteroatoms. The third-order valence-corrected chi connectivity index (χ3v) is 2.47. The number of hydrogen-bond acceptors (Lipinski definition) is 4. The van der Waals surface area contributed by atoms with Crippen LogP contribution in [0.5, 0.6) is 5.75 Å². The predicted octanol–water partition coefficient (Wildman–Crippen LogP) is 1.37. The average Bonchev–Trinajstić information content (AvgIpc) is 2.23. The number of aromatic nitrogens is 1. The van der Waals surface area contributed by atoms with Gasteiger partial charge >= 0.3 is 0 Å². The van der Waals surface area contributed by atoms with Crippen molar-refractivity contribution < 1.29 is 5.11 Å². The summed E-state index contributed by atoms with van der Waals surface area (Å²) >= 11 is 0. The van der Waals surface area contributed by atoms with E-state index in [1.807, 2.05) is 0 Å². The molecule has 0 saturated carbocycles. The Balaban J connectivity index is 0.00000112. The van der Waals surface area contributed by atoms with E-state index in [0.717, 1.165) is 25.9 Å². The molecule has 0 bridgehead atoms. The van der Waals surface area contributed by atoms with E-state index in [1.165, 1.54) is 0 Å². The standard InChI is InChI=1S/C10H15N3O.ClH/c14-9-2-1-5-12-10(9)13-8-3-6-11-7-4-8;/h1-2,5,8,11,14H,3-4,6-7H2,(H,12,13);1H. The summed E-state index contributed by atoms with van der Waals surface area (Å²) in [4.78, 5) is 4.09. The van der Waals surface area contributed by atoms with E-state index in [2.05, 4.69) is 15.6 Å². The van der Waals surface area contributed by atoms with E-state index >= 15 is 0 Å². The van der Waals surface area contributed by atoms with Crippen LogP contribution in [0, 0.1) is 0 Å². The molecule has 15 heavy (non-hydrogen) atoms. The first kappa shape index (κ1) is 12.1. The van der Waals surface area contributed by atoms with Gasteiger partial charge in [-0.2, -0.15) is 0 Å². The van der Waals surface area contributed by atoms with Crippen molar-refractivity contribution in [3.63, 3.8) is 0 Å². The fraction of sp³-hybridized carbons (Fsp3) is 0.500. The summed E-state index contributed by atoms with van der Waals surface area (Å²) in [5.74, 6) is 0.824. The Morgan fingerprint density at radius 1 is 1.40 bits per heavy atom. The monoisotopic (exact) mass is 229 g/mol. The maximum absolute atomic E-state index is 9.50. The van der Waals surface area contributed by atoms with E-state index in [-0.39, 0.29) is 18.2 Å². The Bertz CT molecular complexity index is 302. The van der Waals surface area contributed by atoms with Gasteiger partial charge in [-0.05, 0) is 38.1 Å². The third-order valence-electron chi connectivity index (χ3n) is 2.47. The van der Waals surface area contributed by atoms with Gasteiger partial charge < -0.3 is 15.7 Å². The molecule has 0 aliphatic carbocycles. The molecule has 2 heterocycles. The Hall–Kier alpha value is -1.00. The van der Waals surface area contributed by atoms with Crippen molar-refractivity contribution in [3.05, 3.63) is 18.3 Å². The minimum absolute atomic E-state index is 0. The molecule has 0 unspecified atom stereocenters. The van der Waals surface area contributed by atoms with Gasteiger partial charge in [0.25, 0.3) is 0 Å². The summed E-state index contributed by atoms with van der Waals surface area (Å²) < 4.78 is 0. The zero-order chi connectivity index (χ0) is 9.80. The number of piperidine rings is 1. The van der Waals surface area contributed by atoms with Gasteiger partial charge in [0.05, 0.1) is 0 Å². The number of hydrogen-bond donors (Lipinski definition) is 3. The molecule has 0 radical (unpaired) electrons. The summed E-state index contributed by atoms with van der Waals surface area (Å²) in [6.07, 6.45) is 3.84. The molecule has 4 nitrogen and oxygen atoms in total. The van der Waals surface area contributed by atoms with Crippen molar-refractivity contribution in [3.8, 4) is 5.75 Å². The van der Waals surface area contributed by atoms with Crippen LogP contribution in [0.4, 0.5) is 5.82 Å². The van der Waals surface area contributed by atoms with Gasteiger partial charge in [-0.3, -0.25) is 0 Å². The summed E-state index contributed by atoms with van der Waals surface area (Å²) in [5, 5.41) is 16.0. The second-order valence-electron chi connectivity index (χ2n) is 3.54. The summed E-state index contributed by atoms with van der Waals surface area (Å²) in [5.41, 5.74) is 0. The molecule has 1 aromatic rings. The molecular formula is C10H16ClN3O. The van der Waals surface area contributed by atoms with E-state index < -0.39 is 0 Å². The number of anilines is 1. The molecule has 0 aromatic carbocycles. The number of aromatic hydroxyl groups is 1. The van der Waals surface area contributed by atoms with Crippen LogP contribution in [-0.2, 0) is 0 Å². The second-order valence-corrected chi connectivity index (χ2v) is 3.54. The fourth-order valence-electron chi connectivity index (χ4n) is 1.67. The quantitative estimate of drug-likeness (QED) is 0.717. The lowest BCUT2D eigenvalue weighted by Crippen LogP contribution is -2.35. The molecule has 3 N–H and O–H groups in total. The van der Waals surface area contributed by atoms with Crippen molar-refractivity contribution in [2.75, 3.05) is 18.4 Å². The Labute approximate surface area is 95.5 Å². The number of halogens is 1. The first-order valence-corrected chi connectivity index (χ1v) is 4.97. The molecule has 1 aliphatic heterocycles. The topological polar surface area (TPSA) is 57.2 Å².